The number of piperidine rings is 1. The number of likely N-dealkylation sites (tertiary alicyclic amines) is 1. The van der Waals surface area contributed by atoms with E-state index in [0.717, 1.165) is 32.4 Å². The van der Waals surface area contributed by atoms with E-state index in [0.29, 0.717) is 6.54 Å². The minimum absolute atomic E-state index is 0.0266. The number of rotatable bonds is 5. The van der Waals surface area contributed by atoms with Gasteiger partial charge in [0.2, 0.25) is 5.91 Å². The van der Waals surface area contributed by atoms with E-state index in [-0.39, 0.29) is 16.9 Å². The van der Waals surface area contributed by atoms with Crippen LogP contribution < -0.4 is 5.73 Å². The number of nitrogens with two attached hydrogens (primary N) is 1. The van der Waals surface area contributed by atoms with Gasteiger partial charge in [-0.2, -0.15) is 0 Å². The molecule has 0 aromatic rings. The van der Waals surface area contributed by atoms with Crippen LogP contribution in [0.2, 0.25) is 0 Å². The van der Waals surface area contributed by atoms with Crippen LogP contribution in [0, 0.1) is 0 Å². The van der Waals surface area contributed by atoms with E-state index in [4.69, 9.17) is 5.73 Å². The van der Waals surface area contributed by atoms with Crippen LogP contribution in [0.15, 0.2) is 0 Å². The van der Waals surface area contributed by atoms with Crippen molar-refractivity contribution in [2.45, 2.75) is 37.9 Å². The Morgan fingerprint density at radius 3 is 2.56 bits per heavy atom. The Labute approximate surface area is 100 Å². The van der Waals surface area contributed by atoms with E-state index in [1.54, 1.807) is 0 Å². The molecule has 0 aromatic carbocycles. The summed E-state index contributed by atoms with van der Waals surface area (Å²) in [5, 5.41) is 0.0266. The van der Waals surface area contributed by atoms with Crippen LogP contribution in [-0.2, 0) is 15.6 Å². The first-order valence-electron chi connectivity index (χ1n) is 6.00. The van der Waals surface area contributed by atoms with Gasteiger partial charge in [-0.15, -0.1) is 0 Å². The number of carbonyl (C=O) groups is 1. The highest BCUT2D eigenvalue weighted by molar-refractivity contribution is 7.86. The maximum atomic E-state index is 11.8. The first-order valence-corrected chi connectivity index (χ1v) is 7.38. The van der Waals surface area contributed by atoms with Crippen molar-refractivity contribution in [3.63, 3.8) is 0 Å². The number of hydrogen-bond acceptors (Lipinski definition) is 3. The van der Waals surface area contributed by atoms with Crippen molar-refractivity contribution in [2.24, 2.45) is 5.73 Å². The highest BCUT2D eigenvalue weighted by Crippen LogP contribution is 2.10. The van der Waals surface area contributed by atoms with Crippen LogP contribution >= 0.6 is 0 Å². The van der Waals surface area contributed by atoms with E-state index < -0.39 is 10.8 Å². The fraction of sp³-hybridized carbons (Fsp3) is 0.909. The van der Waals surface area contributed by atoms with Gasteiger partial charge in [-0.3, -0.25) is 9.00 Å². The number of carbonyl (C=O) groups excluding carboxylic acids is 1. The summed E-state index contributed by atoms with van der Waals surface area (Å²) in [6, 6.07) is 0. The Bertz CT molecular complexity index is 252. The molecule has 0 spiro atoms. The van der Waals surface area contributed by atoms with Gasteiger partial charge in [0.25, 0.3) is 0 Å². The Morgan fingerprint density at radius 2 is 2.00 bits per heavy atom. The third-order valence-electron chi connectivity index (χ3n) is 3.00. The molecule has 1 rings (SSSR count). The van der Waals surface area contributed by atoms with Gasteiger partial charge in [0.05, 0.1) is 0 Å². The summed E-state index contributed by atoms with van der Waals surface area (Å²) in [5.41, 5.74) is 5.41. The summed E-state index contributed by atoms with van der Waals surface area (Å²) in [6.07, 6.45) is 4.09. The highest BCUT2D eigenvalue weighted by atomic mass is 32.2. The fourth-order valence-electron chi connectivity index (χ4n) is 1.86. The smallest absolute Gasteiger partial charge is 0.235 e. The molecule has 1 saturated heterocycles. The predicted octanol–water partition coefficient (Wildman–Crippen LogP) is 0.485. The Morgan fingerprint density at radius 1 is 1.38 bits per heavy atom. The highest BCUT2D eigenvalue weighted by Gasteiger charge is 2.20. The Kier molecular flexibility index (Phi) is 5.98. The molecule has 0 aliphatic carbocycles. The van der Waals surface area contributed by atoms with Crippen molar-refractivity contribution >= 4 is 16.7 Å². The SMILES string of the molecule is CC(CCN)S(=O)CC(=O)N1CCCCC1. The first kappa shape index (κ1) is 13.6. The molecule has 0 radical (unpaired) electrons. The van der Waals surface area contributed by atoms with Gasteiger partial charge < -0.3 is 10.6 Å². The van der Waals surface area contributed by atoms with E-state index in [1.165, 1.54) is 6.42 Å². The zero-order chi connectivity index (χ0) is 12.0. The molecule has 0 saturated carbocycles. The van der Waals surface area contributed by atoms with Crippen molar-refractivity contribution in [3.8, 4) is 0 Å². The van der Waals surface area contributed by atoms with Crippen LogP contribution in [0.4, 0.5) is 0 Å². The van der Waals surface area contributed by atoms with Crippen molar-refractivity contribution < 1.29 is 9.00 Å². The molecule has 0 bridgehead atoms. The third kappa shape index (κ3) is 4.22. The first-order chi connectivity index (χ1) is 7.65. The molecule has 94 valence electrons. The summed E-state index contributed by atoms with van der Waals surface area (Å²) in [7, 11) is -1.07. The van der Waals surface area contributed by atoms with Crippen molar-refractivity contribution in [1.82, 2.24) is 4.90 Å². The predicted molar refractivity (Wildman–Crippen MR) is 66.6 cm³/mol. The second kappa shape index (κ2) is 7.01. The molecule has 5 heteroatoms. The van der Waals surface area contributed by atoms with E-state index in [9.17, 15) is 9.00 Å². The summed E-state index contributed by atoms with van der Waals surface area (Å²) in [4.78, 5) is 13.7. The van der Waals surface area contributed by atoms with Crippen molar-refractivity contribution in [1.29, 1.82) is 0 Å². The molecular weight excluding hydrogens is 224 g/mol. The van der Waals surface area contributed by atoms with Crippen molar-refractivity contribution in [2.75, 3.05) is 25.4 Å². The molecular formula is C11H22N2O2S. The average Bonchev–Trinajstić information content (AvgIpc) is 2.30. The van der Waals surface area contributed by atoms with Crippen molar-refractivity contribution in [3.05, 3.63) is 0 Å². The zero-order valence-electron chi connectivity index (χ0n) is 9.98. The topological polar surface area (TPSA) is 63.4 Å². The molecule has 2 unspecified atom stereocenters. The third-order valence-corrected chi connectivity index (χ3v) is 4.66. The maximum Gasteiger partial charge on any atom is 0.235 e. The largest absolute Gasteiger partial charge is 0.342 e. The normalized spacial score (nSPS) is 20.5. The minimum atomic E-state index is -1.07. The fourth-order valence-corrected chi connectivity index (χ4v) is 2.97. The van der Waals surface area contributed by atoms with Gasteiger partial charge in [0.15, 0.2) is 0 Å². The van der Waals surface area contributed by atoms with Crippen LogP contribution in [0.25, 0.3) is 0 Å². The zero-order valence-corrected chi connectivity index (χ0v) is 10.8. The van der Waals surface area contributed by atoms with Gasteiger partial charge in [-0.1, -0.05) is 6.92 Å². The number of amides is 1. The molecule has 4 nitrogen and oxygen atoms in total. The summed E-state index contributed by atoms with van der Waals surface area (Å²) in [5.74, 6) is 0.211. The van der Waals surface area contributed by atoms with Gasteiger partial charge >= 0.3 is 0 Å². The molecule has 16 heavy (non-hydrogen) atoms. The van der Waals surface area contributed by atoms with Gasteiger partial charge in [0, 0.05) is 29.1 Å². The molecule has 1 heterocycles. The summed E-state index contributed by atoms with van der Waals surface area (Å²) in [6.45, 7) is 4.10. The molecule has 1 amide bonds. The Balaban J connectivity index is 2.34. The summed E-state index contributed by atoms with van der Waals surface area (Å²) < 4.78 is 11.8. The number of hydrogen-bond donors (Lipinski definition) is 1. The lowest BCUT2D eigenvalue weighted by Crippen LogP contribution is -2.39. The lowest BCUT2D eigenvalue weighted by molar-refractivity contribution is -0.129. The number of nitrogens with zero attached hydrogens (tertiary/aromatic N) is 1. The van der Waals surface area contributed by atoms with E-state index in [2.05, 4.69) is 0 Å². The van der Waals surface area contributed by atoms with Crippen LogP contribution in [0.5, 0.6) is 0 Å². The minimum Gasteiger partial charge on any atom is -0.342 e. The molecule has 2 atom stereocenters. The van der Waals surface area contributed by atoms with Gasteiger partial charge in [-0.05, 0) is 32.2 Å². The maximum absolute atomic E-state index is 11.8. The molecule has 2 N–H and O–H groups in total. The molecule has 1 aliphatic rings. The van der Waals surface area contributed by atoms with E-state index >= 15 is 0 Å². The molecule has 1 fully saturated rings. The second-order valence-corrected chi connectivity index (χ2v) is 6.21. The lowest BCUT2D eigenvalue weighted by Gasteiger charge is -2.26. The summed E-state index contributed by atoms with van der Waals surface area (Å²) >= 11 is 0. The van der Waals surface area contributed by atoms with Gasteiger partial charge in [-0.25, -0.2) is 0 Å². The standard InChI is InChI=1S/C11H22N2O2S/c1-10(5-6-12)16(15)9-11(14)13-7-3-2-4-8-13/h10H,2-9,12H2,1H3. The molecule has 0 aromatic heterocycles. The Hall–Kier alpha value is -0.420. The van der Waals surface area contributed by atoms with Crippen LogP contribution in [0.1, 0.15) is 32.6 Å². The quantitative estimate of drug-likeness (QED) is 0.767. The molecule has 1 aliphatic heterocycles. The lowest BCUT2D eigenvalue weighted by atomic mass is 10.1. The average molecular weight is 246 g/mol. The second-order valence-electron chi connectivity index (χ2n) is 4.35. The van der Waals surface area contributed by atoms with Gasteiger partial charge in [0.1, 0.15) is 5.75 Å². The van der Waals surface area contributed by atoms with E-state index in [1.807, 2.05) is 11.8 Å². The van der Waals surface area contributed by atoms with Crippen LogP contribution in [0.3, 0.4) is 0 Å². The van der Waals surface area contributed by atoms with Crippen LogP contribution in [-0.4, -0.2) is 45.7 Å². The monoisotopic (exact) mass is 246 g/mol.